The zero-order chi connectivity index (χ0) is 13.8. The molecule has 1 atom stereocenters. The lowest BCUT2D eigenvalue weighted by Gasteiger charge is -2.16. The molecule has 0 bridgehead atoms. The van der Waals surface area contributed by atoms with E-state index in [1.165, 1.54) is 0 Å². The van der Waals surface area contributed by atoms with Gasteiger partial charge in [0.05, 0.1) is 37.2 Å². The molecule has 0 amide bonds. The van der Waals surface area contributed by atoms with Gasteiger partial charge in [-0.2, -0.15) is 0 Å². The number of hydrogen-bond donors (Lipinski definition) is 1. The number of methoxy groups -OCH3 is 2. The average Bonchev–Trinajstić information content (AvgIpc) is 2.94. The fourth-order valence-electron chi connectivity index (χ4n) is 1.81. The third-order valence-electron chi connectivity index (χ3n) is 2.82. The van der Waals surface area contributed by atoms with E-state index in [1.807, 2.05) is 19.1 Å². The summed E-state index contributed by atoms with van der Waals surface area (Å²) < 4.78 is 15.8. The summed E-state index contributed by atoms with van der Waals surface area (Å²) in [5.74, 6) is 2.07. The van der Waals surface area contributed by atoms with Crippen molar-refractivity contribution in [3.8, 4) is 11.5 Å². The van der Waals surface area contributed by atoms with Crippen molar-refractivity contribution in [1.29, 1.82) is 0 Å². The second kappa shape index (κ2) is 5.89. The Kier molecular flexibility index (Phi) is 4.22. The number of anilines is 1. The van der Waals surface area contributed by atoms with Gasteiger partial charge in [0.2, 0.25) is 0 Å². The Morgan fingerprint density at radius 1 is 1.21 bits per heavy atom. The summed E-state index contributed by atoms with van der Waals surface area (Å²) in [7, 11) is 3.16. The summed E-state index contributed by atoms with van der Waals surface area (Å²) >= 11 is 6.21. The molecule has 1 aromatic carbocycles. The van der Waals surface area contributed by atoms with Gasteiger partial charge in [-0.25, -0.2) is 0 Å². The number of furan rings is 1. The second-order valence-electron chi connectivity index (χ2n) is 4.07. The molecule has 0 aliphatic heterocycles. The van der Waals surface area contributed by atoms with Crippen LogP contribution in [0.5, 0.6) is 11.5 Å². The highest BCUT2D eigenvalue weighted by molar-refractivity contribution is 6.33. The largest absolute Gasteiger partial charge is 0.493 e. The fraction of sp³-hybridized carbons (Fsp3) is 0.286. The van der Waals surface area contributed by atoms with E-state index in [-0.39, 0.29) is 6.04 Å². The maximum absolute atomic E-state index is 6.21. The van der Waals surface area contributed by atoms with Crippen LogP contribution < -0.4 is 14.8 Å². The zero-order valence-electron chi connectivity index (χ0n) is 11.1. The molecule has 1 unspecified atom stereocenters. The topological polar surface area (TPSA) is 43.6 Å². The quantitative estimate of drug-likeness (QED) is 0.895. The predicted octanol–water partition coefficient (Wildman–Crippen LogP) is 4.12. The molecule has 4 nitrogen and oxygen atoms in total. The van der Waals surface area contributed by atoms with Crippen molar-refractivity contribution in [3.63, 3.8) is 0 Å². The van der Waals surface area contributed by atoms with Crippen molar-refractivity contribution in [2.75, 3.05) is 19.5 Å². The zero-order valence-corrected chi connectivity index (χ0v) is 11.8. The monoisotopic (exact) mass is 281 g/mol. The van der Waals surface area contributed by atoms with Crippen LogP contribution in [0.1, 0.15) is 18.7 Å². The van der Waals surface area contributed by atoms with Gasteiger partial charge < -0.3 is 19.2 Å². The first-order valence-electron chi connectivity index (χ1n) is 5.87. The van der Waals surface area contributed by atoms with Crippen LogP contribution in [0.3, 0.4) is 0 Å². The van der Waals surface area contributed by atoms with Crippen LogP contribution in [0.4, 0.5) is 5.69 Å². The molecule has 1 heterocycles. The molecule has 0 spiro atoms. The number of halogens is 1. The molecule has 0 radical (unpaired) electrons. The molecule has 2 rings (SSSR count). The highest BCUT2D eigenvalue weighted by Gasteiger charge is 2.13. The number of rotatable bonds is 5. The number of benzene rings is 1. The molecule has 0 aliphatic rings. The lowest BCUT2D eigenvalue weighted by atomic mass is 10.2. The number of nitrogens with one attached hydrogen (secondary N) is 1. The molecule has 5 heteroatoms. The van der Waals surface area contributed by atoms with Crippen LogP contribution in [0, 0.1) is 0 Å². The van der Waals surface area contributed by atoms with Crippen molar-refractivity contribution in [1.82, 2.24) is 0 Å². The van der Waals surface area contributed by atoms with Gasteiger partial charge in [0.1, 0.15) is 5.76 Å². The van der Waals surface area contributed by atoms with Gasteiger partial charge in [0.25, 0.3) is 0 Å². The van der Waals surface area contributed by atoms with Crippen LogP contribution in [0.15, 0.2) is 34.9 Å². The maximum Gasteiger partial charge on any atom is 0.162 e. The highest BCUT2D eigenvalue weighted by Crippen LogP contribution is 2.37. The normalized spacial score (nSPS) is 12.0. The molecule has 0 aliphatic carbocycles. The van der Waals surface area contributed by atoms with E-state index in [9.17, 15) is 0 Å². The Morgan fingerprint density at radius 3 is 2.47 bits per heavy atom. The van der Waals surface area contributed by atoms with E-state index in [2.05, 4.69) is 5.32 Å². The Bertz CT molecular complexity index is 540. The van der Waals surface area contributed by atoms with Crippen molar-refractivity contribution >= 4 is 17.3 Å². The molecule has 0 saturated carbocycles. The molecular weight excluding hydrogens is 266 g/mol. The van der Waals surface area contributed by atoms with Crippen LogP contribution in [-0.2, 0) is 0 Å². The van der Waals surface area contributed by atoms with Gasteiger partial charge >= 0.3 is 0 Å². The van der Waals surface area contributed by atoms with Gasteiger partial charge in [-0.1, -0.05) is 11.6 Å². The lowest BCUT2D eigenvalue weighted by Crippen LogP contribution is -2.06. The van der Waals surface area contributed by atoms with E-state index in [4.69, 9.17) is 25.5 Å². The van der Waals surface area contributed by atoms with Gasteiger partial charge in [0.15, 0.2) is 11.5 Å². The third kappa shape index (κ3) is 2.96. The molecule has 0 saturated heterocycles. The van der Waals surface area contributed by atoms with Crippen molar-refractivity contribution in [3.05, 3.63) is 41.3 Å². The predicted molar refractivity (Wildman–Crippen MR) is 75.3 cm³/mol. The number of ether oxygens (including phenoxy) is 2. The Balaban J connectivity index is 2.25. The SMILES string of the molecule is COc1cc(Cl)c(NC(C)c2ccco2)cc1OC. The average molecular weight is 282 g/mol. The summed E-state index contributed by atoms with van der Waals surface area (Å²) in [6.45, 7) is 1.99. The van der Waals surface area contributed by atoms with Crippen LogP contribution in [0.2, 0.25) is 5.02 Å². The Labute approximate surface area is 117 Å². The minimum absolute atomic E-state index is 0.00519. The minimum atomic E-state index is 0.00519. The molecule has 1 aromatic heterocycles. The summed E-state index contributed by atoms with van der Waals surface area (Å²) in [5, 5.41) is 3.84. The van der Waals surface area contributed by atoms with E-state index in [0.29, 0.717) is 16.5 Å². The van der Waals surface area contributed by atoms with E-state index in [0.717, 1.165) is 11.4 Å². The first-order chi connectivity index (χ1) is 9.15. The Morgan fingerprint density at radius 2 is 1.89 bits per heavy atom. The molecule has 102 valence electrons. The minimum Gasteiger partial charge on any atom is -0.493 e. The van der Waals surface area contributed by atoms with Crippen molar-refractivity contribution in [2.45, 2.75) is 13.0 Å². The summed E-state index contributed by atoms with van der Waals surface area (Å²) in [6, 6.07) is 7.29. The van der Waals surface area contributed by atoms with Crippen molar-refractivity contribution in [2.24, 2.45) is 0 Å². The molecule has 19 heavy (non-hydrogen) atoms. The standard InChI is InChI=1S/C14H16ClNO3/c1-9(12-5-4-6-19-12)16-11-8-14(18-3)13(17-2)7-10(11)15/h4-9,16H,1-3H3. The Hall–Kier alpha value is -1.81. The smallest absolute Gasteiger partial charge is 0.162 e. The van der Waals surface area contributed by atoms with Crippen LogP contribution in [0.25, 0.3) is 0 Å². The van der Waals surface area contributed by atoms with Crippen LogP contribution in [-0.4, -0.2) is 14.2 Å². The molecule has 0 fully saturated rings. The van der Waals surface area contributed by atoms with Gasteiger partial charge in [-0.3, -0.25) is 0 Å². The van der Waals surface area contributed by atoms with Gasteiger partial charge in [-0.05, 0) is 19.1 Å². The highest BCUT2D eigenvalue weighted by atomic mass is 35.5. The lowest BCUT2D eigenvalue weighted by molar-refractivity contribution is 0.355. The number of hydrogen-bond acceptors (Lipinski definition) is 4. The van der Waals surface area contributed by atoms with Gasteiger partial charge in [0, 0.05) is 12.1 Å². The van der Waals surface area contributed by atoms with E-state index >= 15 is 0 Å². The van der Waals surface area contributed by atoms with E-state index in [1.54, 1.807) is 32.6 Å². The third-order valence-corrected chi connectivity index (χ3v) is 3.13. The van der Waals surface area contributed by atoms with Crippen LogP contribution >= 0.6 is 11.6 Å². The van der Waals surface area contributed by atoms with E-state index < -0.39 is 0 Å². The molecule has 2 aromatic rings. The summed E-state index contributed by atoms with van der Waals surface area (Å²) in [6.07, 6.45) is 1.64. The first kappa shape index (κ1) is 13.6. The summed E-state index contributed by atoms with van der Waals surface area (Å²) in [4.78, 5) is 0. The maximum atomic E-state index is 6.21. The molecular formula is C14H16ClNO3. The summed E-state index contributed by atoms with van der Waals surface area (Å²) in [5.41, 5.74) is 0.767. The van der Waals surface area contributed by atoms with Gasteiger partial charge in [-0.15, -0.1) is 0 Å². The van der Waals surface area contributed by atoms with Crippen molar-refractivity contribution < 1.29 is 13.9 Å². The molecule has 1 N–H and O–H groups in total. The first-order valence-corrected chi connectivity index (χ1v) is 6.25. The second-order valence-corrected chi connectivity index (χ2v) is 4.48. The fourth-order valence-corrected chi connectivity index (χ4v) is 2.02.